The van der Waals surface area contributed by atoms with Crippen molar-refractivity contribution in [2.24, 2.45) is 0 Å². The molecule has 0 radical (unpaired) electrons. The fourth-order valence-electron chi connectivity index (χ4n) is 2.89. The van der Waals surface area contributed by atoms with Crippen LogP contribution in [0.15, 0.2) is 30.0 Å². The van der Waals surface area contributed by atoms with Gasteiger partial charge in [-0.15, -0.1) is 0 Å². The molecule has 7 nitrogen and oxygen atoms in total. The lowest BCUT2D eigenvalue weighted by atomic mass is 9.94. The van der Waals surface area contributed by atoms with Gasteiger partial charge in [-0.3, -0.25) is 14.5 Å². The quantitative estimate of drug-likeness (QED) is 0.694. The van der Waals surface area contributed by atoms with Crippen molar-refractivity contribution in [3.8, 4) is 0 Å². The molecule has 0 bridgehead atoms. The third-order valence-corrected chi connectivity index (χ3v) is 4.44. The summed E-state index contributed by atoms with van der Waals surface area (Å²) in [5.74, 6) is -1.22. The fraction of sp³-hybridized carbons (Fsp3) is 0.421. The fourth-order valence-corrected chi connectivity index (χ4v) is 2.89. The molecule has 1 aromatic carbocycles. The van der Waals surface area contributed by atoms with Crippen molar-refractivity contribution in [2.75, 3.05) is 20.3 Å². The maximum atomic E-state index is 12.5. The predicted octanol–water partition coefficient (Wildman–Crippen LogP) is 2.12. The number of hydrogen-bond donors (Lipinski definition) is 0. The standard InChI is InChI=1S/C19H21NO6/c1-3-25-15(21)11-20-16(17(18(20)22)26-12-7-6-8-12)13-9-4-5-10-14(13)19(23)24-2/h4-5,9-10,12H,3,6-8,11H2,1-2H3. The monoisotopic (exact) mass is 359 g/mol. The van der Waals surface area contributed by atoms with Crippen LogP contribution in [0, 0.1) is 0 Å². The first-order chi connectivity index (χ1) is 12.6. The van der Waals surface area contributed by atoms with Crippen LogP contribution in [0.3, 0.4) is 0 Å². The highest BCUT2D eigenvalue weighted by Crippen LogP contribution is 2.39. The molecule has 0 atom stereocenters. The van der Waals surface area contributed by atoms with E-state index in [9.17, 15) is 14.4 Å². The molecule has 1 saturated carbocycles. The first-order valence-corrected chi connectivity index (χ1v) is 8.63. The van der Waals surface area contributed by atoms with Crippen molar-refractivity contribution in [1.29, 1.82) is 0 Å². The summed E-state index contributed by atoms with van der Waals surface area (Å²) in [6, 6.07) is 6.77. The number of amides is 1. The Labute approximate surface area is 151 Å². The lowest BCUT2D eigenvalue weighted by Gasteiger charge is -2.39. The number of benzene rings is 1. The number of methoxy groups -OCH3 is 1. The summed E-state index contributed by atoms with van der Waals surface area (Å²) < 4.78 is 15.6. The van der Waals surface area contributed by atoms with Crippen LogP contribution >= 0.6 is 0 Å². The Morgan fingerprint density at radius 2 is 1.96 bits per heavy atom. The van der Waals surface area contributed by atoms with Gasteiger partial charge in [0.1, 0.15) is 12.2 Å². The van der Waals surface area contributed by atoms with Crippen LogP contribution in [0.2, 0.25) is 0 Å². The second-order valence-electron chi connectivity index (χ2n) is 6.08. The lowest BCUT2D eigenvalue weighted by Crippen LogP contribution is -2.47. The Hall–Kier alpha value is -2.83. The van der Waals surface area contributed by atoms with E-state index in [-0.39, 0.29) is 30.9 Å². The molecule has 1 aliphatic carbocycles. The molecule has 0 spiro atoms. The molecule has 0 unspecified atom stereocenters. The molecule has 3 rings (SSSR count). The zero-order valence-electron chi connectivity index (χ0n) is 14.8. The molecule has 0 saturated heterocycles. The smallest absolute Gasteiger partial charge is 0.338 e. The lowest BCUT2D eigenvalue weighted by molar-refractivity contribution is -0.148. The van der Waals surface area contributed by atoms with Crippen molar-refractivity contribution in [3.05, 3.63) is 41.2 Å². The minimum atomic E-state index is -0.522. The third-order valence-electron chi connectivity index (χ3n) is 4.44. The Balaban J connectivity index is 1.98. The van der Waals surface area contributed by atoms with Gasteiger partial charge in [0.15, 0.2) is 0 Å². The van der Waals surface area contributed by atoms with Crippen LogP contribution in [0.1, 0.15) is 42.1 Å². The van der Waals surface area contributed by atoms with Gasteiger partial charge in [-0.25, -0.2) is 4.79 Å². The Morgan fingerprint density at radius 1 is 1.23 bits per heavy atom. The summed E-state index contributed by atoms with van der Waals surface area (Å²) in [6.07, 6.45) is 2.84. The van der Waals surface area contributed by atoms with Crippen LogP contribution in [-0.4, -0.2) is 49.1 Å². The molecular formula is C19H21NO6. The van der Waals surface area contributed by atoms with Gasteiger partial charge in [0, 0.05) is 5.56 Å². The van der Waals surface area contributed by atoms with E-state index >= 15 is 0 Å². The second kappa shape index (κ2) is 7.59. The molecule has 2 aliphatic rings. The molecule has 26 heavy (non-hydrogen) atoms. The Kier molecular flexibility index (Phi) is 5.25. The van der Waals surface area contributed by atoms with E-state index in [1.165, 1.54) is 12.0 Å². The zero-order valence-corrected chi connectivity index (χ0v) is 14.8. The summed E-state index contributed by atoms with van der Waals surface area (Å²) in [4.78, 5) is 37.8. The van der Waals surface area contributed by atoms with Gasteiger partial charge in [-0.2, -0.15) is 0 Å². The topological polar surface area (TPSA) is 82.1 Å². The highest BCUT2D eigenvalue weighted by Gasteiger charge is 2.43. The van der Waals surface area contributed by atoms with Crippen molar-refractivity contribution < 1.29 is 28.6 Å². The van der Waals surface area contributed by atoms with Gasteiger partial charge in [-0.1, -0.05) is 18.2 Å². The van der Waals surface area contributed by atoms with Crippen LogP contribution in [-0.2, 0) is 23.8 Å². The largest absolute Gasteiger partial charge is 0.483 e. The van der Waals surface area contributed by atoms with E-state index < -0.39 is 11.9 Å². The molecule has 138 valence electrons. The van der Waals surface area contributed by atoms with Crippen LogP contribution < -0.4 is 0 Å². The molecule has 0 N–H and O–H groups in total. The minimum absolute atomic E-state index is 0.000942. The normalized spacial score (nSPS) is 16.7. The number of ether oxygens (including phenoxy) is 3. The van der Waals surface area contributed by atoms with Crippen molar-refractivity contribution in [1.82, 2.24) is 4.90 Å². The molecule has 1 heterocycles. The number of esters is 2. The number of carbonyl (C=O) groups is 3. The highest BCUT2D eigenvalue weighted by molar-refractivity contribution is 6.15. The molecule has 7 heteroatoms. The first kappa shape index (κ1) is 18.0. The molecule has 0 aromatic heterocycles. The summed E-state index contributed by atoms with van der Waals surface area (Å²) in [5.41, 5.74) is 1.23. The van der Waals surface area contributed by atoms with E-state index in [4.69, 9.17) is 14.2 Å². The van der Waals surface area contributed by atoms with E-state index in [0.29, 0.717) is 16.8 Å². The second-order valence-corrected chi connectivity index (χ2v) is 6.08. The van der Waals surface area contributed by atoms with Gasteiger partial charge in [-0.05, 0) is 32.3 Å². The van der Waals surface area contributed by atoms with E-state index in [1.54, 1.807) is 31.2 Å². The SMILES string of the molecule is CCOC(=O)CN1C(=O)C(OC2CCC2)=C1c1ccccc1C(=O)OC. The molecule has 1 aromatic rings. The van der Waals surface area contributed by atoms with Gasteiger partial charge < -0.3 is 14.2 Å². The van der Waals surface area contributed by atoms with Gasteiger partial charge in [0.05, 0.1) is 25.4 Å². The summed E-state index contributed by atoms with van der Waals surface area (Å²) in [6.45, 7) is 1.70. The molecule has 1 amide bonds. The number of carbonyl (C=O) groups excluding carboxylic acids is 3. The van der Waals surface area contributed by atoms with Crippen LogP contribution in [0.5, 0.6) is 0 Å². The van der Waals surface area contributed by atoms with E-state index in [2.05, 4.69) is 0 Å². The maximum absolute atomic E-state index is 12.5. The van der Waals surface area contributed by atoms with Gasteiger partial charge in [0.25, 0.3) is 5.91 Å². The number of hydrogen-bond acceptors (Lipinski definition) is 6. The highest BCUT2D eigenvalue weighted by atomic mass is 16.5. The molecule has 1 fully saturated rings. The number of rotatable bonds is 7. The average molecular weight is 359 g/mol. The minimum Gasteiger partial charge on any atom is -0.483 e. The van der Waals surface area contributed by atoms with Crippen molar-refractivity contribution in [3.63, 3.8) is 0 Å². The predicted molar refractivity (Wildman–Crippen MR) is 91.8 cm³/mol. The number of nitrogens with zero attached hydrogens (tertiary/aromatic N) is 1. The maximum Gasteiger partial charge on any atom is 0.338 e. The van der Waals surface area contributed by atoms with Gasteiger partial charge in [0.2, 0.25) is 5.76 Å². The third kappa shape index (κ3) is 3.29. The summed E-state index contributed by atoms with van der Waals surface area (Å²) >= 11 is 0. The molecule has 1 aliphatic heterocycles. The van der Waals surface area contributed by atoms with Gasteiger partial charge >= 0.3 is 11.9 Å². The van der Waals surface area contributed by atoms with Crippen molar-refractivity contribution in [2.45, 2.75) is 32.3 Å². The zero-order chi connectivity index (χ0) is 18.7. The molecular weight excluding hydrogens is 338 g/mol. The van der Waals surface area contributed by atoms with Crippen LogP contribution in [0.4, 0.5) is 0 Å². The average Bonchev–Trinajstić information content (AvgIpc) is 2.61. The summed E-state index contributed by atoms with van der Waals surface area (Å²) in [7, 11) is 1.29. The Bertz CT molecular complexity index is 765. The van der Waals surface area contributed by atoms with E-state index in [0.717, 1.165) is 19.3 Å². The van der Waals surface area contributed by atoms with Crippen molar-refractivity contribution >= 4 is 23.5 Å². The van der Waals surface area contributed by atoms with Crippen LogP contribution in [0.25, 0.3) is 5.70 Å². The Morgan fingerprint density at radius 3 is 2.58 bits per heavy atom. The van der Waals surface area contributed by atoms with E-state index in [1.807, 2.05) is 0 Å². The summed E-state index contributed by atoms with van der Waals surface area (Å²) in [5, 5.41) is 0. The first-order valence-electron chi connectivity index (χ1n) is 8.63.